The molecule has 0 bridgehead atoms. The summed E-state index contributed by atoms with van der Waals surface area (Å²) in [7, 11) is 14.0. The van der Waals surface area contributed by atoms with E-state index in [0.717, 1.165) is 40.0 Å². The van der Waals surface area contributed by atoms with E-state index in [1.54, 1.807) is 28.4 Å². The second-order valence-corrected chi connectivity index (χ2v) is 8.78. The molecule has 0 aliphatic heterocycles. The number of aryl methyl sites for hydroxylation is 1. The number of carbonyl (C=O) groups is 2. The average Bonchev–Trinajstić information content (AvgIpc) is 3.39. The smallest absolute Gasteiger partial charge is 0.217 e. The van der Waals surface area contributed by atoms with Crippen molar-refractivity contribution in [1.82, 2.24) is 9.80 Å². The lowest BCUT2D eigenvalue weighted by atomic mass is 10.1. The van der Waals surface area contributed by atoms with Crippen LogP contribution in [0.3, 0.4) is 0 Å². The van der Waals surface area contributed by atoms with Gasteiger partial charge in [0.05, 0.1) is 25.3 Å². The summed E-state index contributed by atoms with van der Waals surface area (Å²) < 4.78 is 20.1. The number of hydrogen-bond acceptors (Lipinski definition) is 8. The van der Waals surface area contributed by atoms with Crippen molar-refractivity contribution in [2.45, 2.75) is 25.7 Å². The topological polar surface area (TPSA) is 77.5 Å². The van der Waals surface area contributed by atoms with Gasteiger partial charge in [-0.1, -0.05) is 24.3 Å². The van der Waals surface area contributed by atoms with Gasteiger partial charge >= 0.3 is 0 Å². The highest BCUT2D eigenvalue weighted by atomic mass is 16.7. The molecule has 0 saturated carbocycles. The van der Waals surface area contributed by atoms with Gasteiger partial charge in [-0.15, -0.1) is 0 Å². The van der Waals surface area contributed by atoms with Crippen molar-refractivity contribution in [3.8, 4) is 11.5 Å². The first-order valence-electron chi connectivity index (χ1n) is 11.7. The number of benzene rings is 2. The Morgan fingerprint density at radius 1 is 0.778 bits per heavy atom. The molecule has 0 aromatic heterocycles. The minimum absolute atomic E-state index is 0.0844. The summed E-state index contributed by atoms with van der Waals surface area (Å²) in [6.45, 7) is 0. The summed E-state index contributed by atoms with van der Waals surface area (Å²) in [5.41, 5.74) is 4.51. The maximum absolute atomic E-state index is 12.1. The summed E-state index contributed by atoms with van der Waals surface area (Å²) >= 11 is 0. The molecule has 0 radical (unpaired) electrons. The van der Waals surface area contributed by atoms with Crippen molar-refractivity contribution >= 4 is 11.6 Å². The Balaban J connectivity index is 0.000000202. The molecule has 0 unspecified atom stereocenters. The molecule has 2 aromatic rings. The number of nitrogens with zero attached hydrogens (tertiary/aromatic N) is 2. The first-order chi connectivity index (χ1) is 17.2. The van der Waals surface area contributed by atoms with Crippen LogP contribution < -0.4 is 9.47 Å². The molecule has 196 valence electrons. The lowest BCUT2D eigenvalue weighted by Gasteiger charge is -2.19. The fourth-order valence-electron chi connectivity index (χ4n) is 4.18. The van der Waals surface area contributed by atoms with Gasteiger partial charge in [0.1, 0.15) is 11.5 Å². The van der Waals surface area contributed by atoms with Gasteiger partial charge in [-0.25, -0.2) is 0 Å². The van der Waals surface area contributed by atoms with E-state index in [1.807, 2.05) is 80.6 Å². The van der Waals surface area contributed by atoms with Crippen LogP contribution in [-0.4, -0.2) is 84.4 Å². The molecule has 8 nitrogen and oxygen atoms in total. The van der Waals surface area contributed by atoms with Gasteiger partial charge in [0.15, 0.2) is 11.6 Å². The third-order valence-corrected chi connectivity index (χ3v) is 5.70. The maximum Gasteiger partial charge on any atom is 0.217 e. The minimum atomic E-state index is -0.213. The molecule has 4 rings (SSSR count). The van der Waals surface area contributed by atoms with Gasteiger partial charge < -0.3 is 23.8 Å². The lowest BCUT2D eigenvalue weighted by molar-refractivity contribution is -0.179. The fraction of sp³-hybridized carbons (Fsp3) is 0.429. The first kappa shape index (κ1) is 29.0. The van der Waals surface area contributed by atoms with Crippen molar-refractivity contribution in [3.05, 3.63) is 70.4 Å². The number of methoxy groups -OCH3 is 4. The highest BCUT2D eigenvalue weighted by Crippen LogP contribution is 2.33. The van der Waals surface area contributed by atoms with Gasteiger partial charge in [-0.2, -0.15) is 0 Å². The SMILES string of the molecule is COC(OC)N(C)C.COc1cccc2c1C(=O)/C(=C/N(C)C)C2.COc1cccc2c1C(=O)CC2. The third kappa shape index (κ3) is 7.16. The molecule has 2 aliphatic rings. The monoisotopic (exact) mass is 498 g/mol. The Kier molecular flexibility index (Phi) is 11.1. The summed E-state index contributed by atoms with van der Waals surface area (Å²) in [4.78, 5) is 27.2. The van der Waals surface area contributed by atoms with Crippen molar-refractivity contribution in [2.24, 2.45) is 0 Å². The van der Waals surface area contributed by atoms with E-state index in [1.165, 1.54) is 0 Å². The fourth-order valence-corrected chi connectivity index (χ4v) is 4.18. The number of carbonyl (C=O) groups excluding carboxylic acids is 2. The van der Waals surface area contributed by atoms with Crippen LogP contribution in [0.4, 0.5) is 0 Å². The van der Waals surface area contributed by atoms with Crippen LogP contribution in [-0.2, 0) is 22.3 Å². The molecule has 0 heterocycles. The highest BCUT2D eigenvalue weighted by Gasteiger charge is 2.28. The summed E-state index contributed by atoms with van der Waals surface area (Å²) in [6.07, 6.45) is 3.86. The van der Waals surface area contributed by atoms with Crippen LogP contribution in [0.15, 0.2) is 48.2 Å². The summed E-state index contributed by atoms with van der Waals surface area (Å²) in [5.74, 6) is 1.68. The van der Waals surface area contributed by atoms with E-state index < -0.39 is 0 Å². The largest absolute Gasteiger partial charge is 0.496 e. The number of ether oxygens (including phenoxy) is 4. The lowest BCUT2D eigenvalue weighted by Crippen LogP contribution is -2.30. The molecule has 0 saturated heterocycles. The van der Waals surface area contributed by atoms with Crippen LogP contribution in [0.2, 0.25) is 0 Å². The van der Waals surface area contributed by atoms with Crippen LogP contribution in [0.1, 0.15) is 38.3 Å². The van der Waals surface area contributed by atoms with Crippen LogP contribution >= 0.6 is 0 Å². The Hall–Kier alpha value is -3.20. The zero-order chi connectivity index (χ0) is 26.8. The quantitative estimate of drug-likeness (QED) is 0.439. The van der Waals surface area contributed by atoms with E-state index in [2.05, 4.69) is 0 Å². The third-order valence-electron chi connectivity index (χ3n) is 5.70. The van der Waals surface area contributed by atoms with Crippen LogP contribution in [0.5, 0.6) is 11.5 Å². The summed E-state index contributed by atoms with van der Waals surface area (Å²) in [5, 5.41) is 0. The second kappa shape index (κ2) is 13.8. The van der Waals surface area contributed by atoms with Gasteiger partial charge in [0.25, 0.3) is 0 Å². The molecule has 2 aliphatic carbocycles. The molecule has 0 N–H and O–H groups in total. The molecule has 0 atom stereocenters. The summed E-state index contributed by atoms with van der Waals surface area (Å²) in [6, 6.07) is 11.5. The van der Waals surface area contributed by atoms with E-state index in [9.17, 15) is 9.59 Å². The Bertz CT molecular complexity index is 1070. The Morgan fingerprint density at radius 2 is 1.33 bits per heavy atom. The number of ketones is 2. The second-order valence-electron chi connectivity index (χ2n) is 8.78. The van der Waals surface area contributed by atoms with Gasteiger partial charge in [-0.3, -0.25) is 14.5 Å². The number of fused-ring (bicyclic) bond motifs is 2. The van der Waals surface area contributed by atoms with Crippen LogP contribution in [0, 0.1) is 0 Å². The normalized spacial score (nSPS) is 14.7. The van der Waals surface area contributed by atoms with Crippen LogP contribution in [0.25, 0.3) is 0 Å². The Labute approximate surface area is 214 Å². The zero-order valence-corrected chi connectivity index (χ0v) is 22.6. The van der Waals surface area contributed by atoms with Gasteiger partial charge in [-0.05, 0) is 43.8 Å². The van der Waals surface area contributed by atoms with Crippen molar-refractivity contribution in [1.29, 1.82) is 0 Å². The first-order valence-corrected chi connectivity index (χ1v) is 11.7. The minimum Gasteiger partial charge on any atom is -0.496 e. The van der Waals surface area contributed by atoms with E-state index >= 15 is 0 Å². The highest BCUT2D eigenvalue weighted by molar-refractivity contribution is 6.14. The van der Waals surface area contributed by atoms with E-state index in [0.29, 0.717) is 18.6 Å². The number of rotatable bonds is 6. The maximum atomic E-state index is 12.1. The van der Waals surface area contributed by atoms with Gasteiger partial charge in [0, 0.05) is 52.9 Å². The van der Waals surface area contributed by atoms with Gasteiger partial charge in [0.2, 0.25) is 6.41 Å². The predicted molar refractivity (Wildman–Crippen MR) is 140 cm³/mol. The molecule has 36 heavy (non-hydrogen) atoms. The molecular weight excluding hydrogens is 460 g/mol. The standard InChI is InChI=1S/C13H15NO2.C10H10O2.C5H13NO2/c1-14(2)8-10-7-9-5-4-6-11(16-3)12(9)13(10)15;1-12-9-4-2-3-7-5-6-8(11)10(7)9;1-6(2)5(7-3)8-4/h4-6,8H,7H2,1-3H3;2-4H,5-6H2,1H3;5H,1-4H3/b10-8+;;. The van der Waals surface area contributed by atoms with E-state index in [4.69, 9.17) is 18.9 Å². The number of Topliss-reactive ketones (excluding diaryl/α,β-unsaturated/α-hetero) is 2. The predicted octanol–water partition coefficient (Wildman–Crippen LogP) is 3.83. The van der Waals surface area contributed by atoms with Crippen molar-refractivity contribution in [2.75, 3.05) is 56.6 Å². The Morgan fingerprint density at radius 3 is 1.81 bits per heavy atom. The molecule has 0 amide bonds. The molecule has 2 aromatic carbocycles. The molecular formula is C28H38N2O6. The molecule has 8 heteroatoms. The average molecular weight is 499 g/mol. The molecule has 0 fully saturated rings. The van der Waals surface area contributed by atoms with Crippen molar-refractivity contribution in [3.63, 3.8) is 0 Å². The van der Waals surface area contributed by atoms with Crippen molar-refractivity contribution < 1.29 is 28.5 Å². The number of hydrogen-bond donors (Lipinski definition) is 0. The zero-order valence-electron chi connectivity index (χ0n) is 22.6. The number of allylic oxidation sites excluding steroid dienone is 1. The molecule has 0 spiro atoms. The van der Waals surface area contributed by atoms with E-state index in [-0.39, 0.29) is 18.0 Å².